The molecule has 0 saturated carbocycles. The SMILES string of the molecule is CC(C)c1conc1CC(=O)O. The van der Waals surface area contributed by atoms with Gasteiger partial charge in [-0.3, -0.25) is 4.79 Å². The summed E-state index contributed by atoms with van der Waals surface area (Å²) in [7, 11) is 0. The first kappa shape index (κ1) is 8.77. The summed E-state index contributed by atoms with van der Waals surface area (Å²) >= 11 is 0. The highest BCUT2D eigenvalue weighted by molar-refractivity contribution is 5.69. The van der Waals surface area contributed by atoms with E-state index in [0.717, 1.165) is 5.56 Å². The van der Waals surface area contributed by atoms with E-state index in [2.05, 4.69) is 5.16 Å². The van der Waals surface area contributed by atoms with Gasteiger partial charge in [-0.15, -0.1) is 0 Å². The summed E-state index contributed by atoms with van der Waals surface area (Å²) in [5, 5.41) is 12.1. The average Bonchev–Trinajstić information content (AvgIpc) is 2.33. The number of aromatic nitrogens is 1. The molecule has 0 saturated heterocycles. The van der Waals surface area contributed by atoms with Gasteiger partial charge < -0.3 is 9.63 Å². The van der Waals surface area contributed by atoms with Crippen molar-refractivity contribution in [2.24, 2.45) is 0 Å². The first-order valence-corrected chi connectivity index (χ1v) is 3.76. The van der Waals surface area contributed by atoms with Gasteiger partial charge in [0.1, 0.15) is 6.26 Å². The lowest BCUT2D eigenvalue weighted by atomic mass is 10.0. The summed E-state index contributed by atoms with van der Waals surface area (Å²) in [6.45, 7) is 3.94. The van der Waals surface area contributed by atoms with Crippen LogP contribution in [0.3, 0.4) is 0 Å². The fourth-order valence-electron chi connectivity index (χ4n) is 1.01. The van der Waals surface area contributed by atoms with E-state index in [1.54, 1.807) is 0 Å². The largest absolute Gasteiger partial charge is 0.481 e. The van der Waals surface area contributed by atoms with E-state index in [0.29, 0.717) is 5.69 Å². The molecule has 0 fully saturated rings. The fraction of sp³-hybridized carbons (Fsp3) is 0.500. The van der Waals surface area contributed by atoms with Crippen molar-refractivity contribution in [2.45, 2.75) is 26.2 Å². The quantitative estimate of drug-likeness (QED) is 0.743. The minimum absolute atomic E-state index is 0.0655. The first-order valence-electron chi connectivity index (χ1n) is 3.76. The van der Waals surface area contributed by atoms with Gasteiger partial charge in [-0.2, -0.15) is 0 Å². The van der Waals surface area contributed by atoms with Crippen LogP contribution in [-0.4, -0.2) is 16.2 Å². The maximum absolute atomic E-state index is 10.4. The molecule has 0 aliphatic carbocycles. The van der Waals surface area contributed by atoms with Gasteiger partial charge in [-0.1, -0.05) is 19.0 Å². The predicted octanol–water partition coefficient (Wildman–Crippen LogP) is 1.43. The second kappa shape index (κ2) is 3.38. The number of rotatable bonds is 3. The first-order chi connectivity index (χ1) is 5.61. The molecule has 1 heterocycles. The Morgan fingerprint density at radius 3 is 2.92 bits per heavy atom. The summed E-state index contributed by atoms with van der Waals surface area (Å²) in [5.41, 5.74) is 1.40. The molecule has 1 aromatic rings. The highest BCUT2D eigenvalue weighted by atomic mass is 16.5. The van der Waals surface area contributed by atoms with Crippen molar-refractivity contribution < 1.29 is 14.4 Å². The molecule has 0 bridgehead atoms. The zero-order valence-electron chi connectivity index (χ0n) is 7.07. The van der Waals surface area contributed by atoms with Crippen molar-refractivity contribution in [3.05, 3.63) is 17.5 Å². The normalized spacial score (nSPS) is 10.6. The maximum atomic E-state index is 10.4. The third-order valence-electron chi connectivity index (χ3n) is 1.62. The predicted molar refractivity (Wildman–Crippen MR) is 41.9 cm³/mol. The summed E-state index contributed by atoms with van der Waals surface area (Å²) in [6.07, 6.45) is 1.44. The van der Waals surface area contributed by atoms with E-state index in [9.17, 15) is 4.79 Å². The molecule has 1 N–H and O–H groups in total. The Morgan fingerprint density at radius 2 is 2.42 bits per heavy atom. The number of nitrogens with zero attached hydrogens (tertiary/aromatic N) is 1. The second-order valence-corrected chi connectivity index (χ2v) is 2.94. The van der Waals surface area contributed by atoms with Gasteiger partial charge in [-0.25, -0.2) is 0 Å². The van der Waals surface area contributed by atoms with Gasteiger partial charge in [0, 0.05) is 5.56 Å². The molecule has 4 nitrogen and oxygen atoms in total. The smallest absolute Gasteiger partial charge is 0.309 e. The Labute approximate surface area is 70.2 Å². The van der Waals surface area contributed by atoms with Crippen LogP contribution in [0.25, 0.3) is 0 Å². The zero-order chi connectivity index (χ0) is 9.14. The van der Waals surface area contributed by atoms with Gasteiger partial charge in [-0.05, 0) is 5.92 Å². The molecule has 66 valence electrons. The van der Waals surface area contributed by atoms with E-state index in [-0.39, 0.29) is 12.3 Å². The van der Waals surface area contributed by atoms with E-state index in [1.807, 2.05) is 13.8 Å². The van der Waals surface area contributed by atoms with E-state index >= 15 is 0 Å². The lowest BCUT2D eigenvalue weighted by Crippen LogP contribution is -2.03. The number of carbonyl (C=O) groups is 1. The molecule has 0 radical (unpaired) electrons. The minimum atomic E-state index is -0.884. The molecule has 0 aromatic carbocycles. The Bertz CT molecular complexity index is 278. The van der Waals surface area contributed by atoms with Crippen LogP contribution < -0.4 is 0 Å². The third kappa shape index (κ3) is 1.84. The molecular formula is C8H11NO3. The summed E-state index contributed by atoms with van der Waals surface area (Å²) in [4.78, 5) is 10.4. The van der Waals surface area contributed by atoms with Crippen molar-refractivity contribution in [3.63, 3.8) is 0 Å². The zero-order valence-corrected chi connectivity index (χ0v) is 7.07. The Hall–Kier alpha value is -1.32. The van der Waals surface area contributed by atoms with Gasteiger partial charge in [0.25, 0.3) is 0 Å². The minimum Gasteiger partial charge on any atom is -0.481 e. The standard InChI is InChI=1S/C8H11NO3/c1-5(2)6-4-12-9-7(6)3-8(10)11/h4-5H,3H2,1-2H3,(H,10,11). The monoisotopic (exact) mass is 169 g/mol. The van der Waals surface area contributed by atoms with Crippen molar-refractivity contribution >= 4 is 5.97 Å². The highest BCUT2D eigenvalue weighted by Crippen LogP contribution is 2.18. The molecule has 0 spiro atoms. The molecule has 1 aromatic heterocycles. The number of hydrogen-bond acceptors (Lipinski definition) is 3. The van der Waals surface area contributed by atoms with Gasteiger partial charge >= 0.3 is 5.97 Å². The molecular weight excluding hydrogens is 158 g/mol. The van der Waals surface area contributed by atoms with E-state index in [1.165, 1.54) is 6.26 Å². The summed E-state index contributed by atoms with van der Waals surface area (Å²) < 4.78 is 4.69. The number of hydrogen-bond donors (Lipinski definition) is 1. The van der Waals surface area contributed by atoms with Gasteiger partial charge in [0.2, 0.25) is 0 Å². The molecule has 12 heavy (non-hydrogen) atoms. The van der Waals surface area contributed by atoms with Crippen molar-refractivity contribution in [2.75, 3.05) is 0 Å². The van der Waals surface area contributed by atoms with Crippen LogP contribution in [0.2, 0.25) is 0 Å². The van der Waals surface area contributed by atoms with Gasteiger partial charge in [0.05, 0.1) is 12.1 Å². The van der Waals surface area contributed by atoms with Crippen molar-refractivity contribution in [1.82, 2.24) is 5.16 Å². The molecule has 1 rings (SSSR count). The van der Waals surface area contributed by atoms with Crippen LogP contribution in [0.15, 0.2) is 10.8 Å². The maximum Gasteiger partial charge on any atom is 0.309 e. The van der Waals surface area contributed by atoms with Crippen molar-refractivity contribution in [1.29, 1.82) is 0 Å². The van der Waals surface area contributed by atoms with Gasteiger partial charge in [0.15, 0.2) is 0 Å². The van der Waals surface area contributed by atoms with Crippen LogP contribution in [0, 0.1) is 0 Å². The highest BCUT2D eigenvalue weighted by Gasteiger charge is 2.13. The third-order valence-corrected chi connectivity index (χ3v) is 1.62. The number of aliphatic carboxylic acids is 1. The Kier molecular flexibility index (Phi) is 2.47. The van der Waals surface area contributed by atoms with E-state index < -0.39 is 5.97 Å². The molecule has 0 aliphatic rings. The summed E-state index contributed by atoms with van der Waals surface area (Å²) in [6, 6.07) is 0. The number of carboxylic acids is 1. The van der Waals surface area contributed by atoms with Crippen LogP contribution >= 0.6 is 0 Å². The molecule has 0 amide bonds. The molecule has 0 aliphatic heterocycles. The fourth-order valence-corrected chi connectivity index (χ4v) is 1.01. The van der Waals surface area contributed by atoms with Crippen LogP contribution in [0.4, 0.5) is 0 Å². The lowest BCUT2D eigenvalue weighted by molar-refractivity contribution is -0.136. The Morgan fingerprint density at radius 1 is 1.75 bits per heavy atom. The topological polar surface area (TPSA) is 63.3 Å². The molecule has 4 heteroatoms. The van der Waals surface area contributed by atoms with Crippen molar-refractivity contribution in [3.8, 4) is 0 Å². The number of carboxylic acid groups (broad SMARTS) is 1. The molecule has 0 atom stereocenters. The molecule has 0 unspecified atom stereocenters. The summed E-state index contributed by atoms with van der Waals surface area (Å²) in [5.74, 6) is -0.628. The van der Waals surface area contributed by atoms with Crippen LogP contribution in [0.5, 0.6) is 0 Å². The van der Waals surface area contributed by atoms with Crippen LogP contribution in [0.1, 0.15) is 31.0 Å². The van der Waals surface area contributed by atoms with Crippen LogP contribution in [-0.2, 0) is 11.2 Å². The lowest BCUT2D eigenvalue weighted by Gasteiger charge is -2.00. The second-order valence-electron chi connectivity index (χ2n) is 2.94. The Balaban J connectivity index is 2.84. The average molecular weight is 169 g/mol. The van der Waals surface area contributed by atoms with E-state index in [4.69, 9.17) is 9.63 Å².